The number of hydrogen-bond donors (Lipinski definition) is 2. The Morgan fingerprint density at radius 1 is 1.43 bits per heavy atom. The number of fused-ring (bicyclic) bond motifs is 1. The van der Waals surface area contributed by atoms with Gasteiger partial charge >= 0.3 is 0 Å². The van der Waals surface area contributed by atoms with Gasteiger partial charge in [-0.25, -0.2) is 0 Å². The normalized spacial score (nSPS) is 13.0. The zero-order chi connectivity index (χ0) is 10.1. The van der Waals surface area contributed by atoms with Gasteiger partial charge in [0.1, 0.15) is 0 Å². The largest absolute Gasteiger partial charge is 0.361 e. The number of nitrogens with one attached hydrogen (secondary N) is 1. The van der Waals surface area contributed by atoms with Crippen molar-refractivity contribution in [3.05, 3.63) is 36.0 Å². The van der Waals surface area contributed by atoms with Crippen LogP contribution >= 0.6 is 0 Å². The van der Waals surface area contributed by atoms with Crippen molar-refractivity contribution in [2.45, 2.75) is 13.0 Å². The smallest absolute Gasteiger partial charge is 0.151 e. The molecular formula is C11H12N2O. The summed E-state index contributed by atoms with van der Waals surface area (Å²) in [6.07, 6.45) is 1.85. The zero-order valence-electron chi connectivity index (χ0n) is 7.95. The van der Waals surface area contributed by atoms with E-state index in [-0.39, 0.29) is 5.78 Å². The molecule has 0 saturated carbocycles. The van der Waals surface area contributed by atoms with Gasteiger partial charge in [0.25, 0.3) is 0 Å². The van der Waals surface area contributed by atoms with Crippen molar-refractivity contribution >= 4 is 16.7 Å². The summed E-state index contributed by atoms with van der Waals surface area (Å²) in [4.78, 5) is 14.3. The minimum atomic E-state index is -0.530. The molecule has 1 aromatic heterocycles. The molecular weight excluding hydrogens is 176 g/mol. The van der Waals surface area contributed by atoms with Gasteiger partial charge in [0.15, 0.2) is 5.78 Å². The van der Waals surface area contributed by atoms with Crippen LogP contribution in [0.1, 0.15) is 18.5 Å². The van der Waals surface area contributed by atoms with E-state index in [0.717, 1.165) is 16.5 Å². The van der Waals surface area contributed by atoms with Gasteiger partial charge in [0.05, 0.1) is 11.6 Å². The van der Waals surface area contributed by atoms with Crippen molar-refractivity contribution in [2.24, 2.45) is 5.73 Å². The van der Waals surface area contributed by atoms with Crippen LogP contribution in [0.5, 0.6) is 0 Å². The summed E-state index contributed by atoms with van der Waals surface area (Å²) < 4.78 is 0. The first-order chi connectivity index (χ1) is 6.70. The van der Waals surface area contributed by atoms with Gasteiger partial charge < -0.3 is 10.7 Å². The van der Waals surface area contributed by atoms with Crippen LogP contribution in [0.15, 0.2) is 30.5 Å². The lowest BCUT2D eigenvalue weighted by atomic mass is 10.0. The number of benzene rings is 1. The molecule has 0 bridgehead atoms. The first-order valence-electron chi connectivity index (χ1n) is 4.52. The molecule has 72 valence electrons. The summed E-state index contributed by atoms with van der Waals surface area (Å²) in [5.41, 5.74) is 7.61. The molecule has 0 amide bonds. The molecule has 0 radical (unpaired) electrons. The highest BCUT2D eigenvalue weighted by Crippen LogP contribution is 2.21. The third kappa shape index (κ3) is 1.32. The fourth-order valence-corrected chi connectivity index (χ4v) is 1.59. The van der Waals surface area contributed by atoms with Gasteiger partial charge in [-0.05, 0) is 18.4 Å². The summed E-state index contributed by atoms with van der Waals surface area (Å²) >= 11 is 0. The van der Waals surface area contributed by atoms with E-state index in [1.165, 1.54) is 6.92 Å². The Kier molecular flexibility index (Phi) is 2.09. The first-order valence-corrected chi connectivity index (χ1v) is 4.52. The molecule has 2 rings (SSSR count). The molecule has 0 aliphatic rings. The first kappa shape index (κ1) is 8.97. The van der Waals surface area contributed by atoms with E-state index in [2.05, 4.69) is 4.98 Å². The van der Waals surface area contributed by atoms with Crippen LogP contribution in [-0.2, 0) is 4.79 Å². The number of para-hydroxylation sites is 1. The van der Waals surface area contributed by atoms with Crippen LogP contribution in [0.3, 0.4) is 0 Å². The van der Waals surface area contributed by atoms with E-state index >= 15 is 0 Å². The quantitative estimate of drug-likeness (QED) is 0.754. The van der Waals surface area contributed by atoms with Gasteiger partial charge in [-0.3, -0.25) is 4.79 Å². The number of aromatic nitrogens is 1. The molecule has 0 spiro atoms. The van der Waals surface area contributed by atoms with E-state index in [9.17, 15) is 4.79 Å². The predicted molar refractivity (Wildman–Crippen MR) is 55.9 cm³/mol. The topological polar surface area (TPSA) is 58.9 Å². The molecule has 0 aliphatic heterocycles. The van der Waals surface area contributed by atoms with Crippen LogP contribution in [0, 0.1) is 0 Å². The van der Waals surface area contributed by atoms with E-state index in [4.69, 9.17) is 5.73 Å². The van der Waals surface area contributed by atoms with Crippen molar-refractivity contribution in [3.63, 3.8) is 0 Å². The van der Waals surface area contributed by atoms with Crippen molar-refractivity contribution in [1.29, 1.82) is 0 Å². The van der Waals surface area contributed by atoms with Crippen molar-refractivity contribution in [1.82, 2.24) is 4.98 Å². The predicted octanol–water partition coefficient (Wildman–Crippen LogP) is 1.76. The zero-order valence-corrected chi connectivity index (χ0v) is 7.95. The fourth-order valence-electron chi connectivity index (χ4n) is 1.59. The maximum absolute atomic E-state index is 11.2. The lowest BCUT2D eigenvalue weighted by Crippen LogP contribution is -2.18. The molecule has 3 heteroatoms. The average molecular weight is 188 g/mol. The minimum Gasteiger partial charge on any atom is -0.361 e. The Labute approximate surface area is 81.9 Å². The van der Waals surface area contributed by atoms with E-state index in [1.54, 1.807) is 0 Å². The second-order valence-electron chi connectivity index (χ2n) is 3.38. The average Bonchev–Trinajstić information content (AvgIpc) is 2.63. The number of carbonyl (C=O) groups is 1. The second-order valence-corrected chi connectivity index (χ2v) is 3.38. The lowest BCUT2D eigenvalue weighted by molar-refractivity contribution is -0.118. The molecule has 0 fully saturated rings. The number of rotatable bonds is 2. The van der Waals surface area contributed by atoms with Crippen LogP contribution in [0.25, 0.3) is 10.9 Å². The van der Waals surface area contributed by atoms with Crippen molar-refractivity contribution < 1.29 is 4.79 Å². The maximum atomic E-state index is 11.2. The number of carbonyl (C=O) groups excluding carboxylic acids is 1. The van der Waals surface area contributed by atoms with Crippen molar-refractivity contribution in [2.75, 3.05) is 0 Å². The SMILES string of the molecule is CC(=O)C(N)c1cccc2cc[nH]c12. The van der Waals surface area contributed by atoms with E-state index in [1.807, 2.05) is 30.5 Å². The lowest BCUT2D eigenvalue weighted by Gasteiger charge is -2.08. The molecule has 0 saturated heterocycles. The Morgan fingerprint density at radius 2 is 2.21 bits per heavy atom. The Morgan fingerprint density at radius 3 is 2.93 bits per heavy atom. The van der Waals surface area contributed by atoms with Gasteiger partial charge in [0, 0.05) is 11.8 Å². The Bertz CT molecular complexity index is 473. The molecule has 1 heterocycles. The number of Topliss-reactive ketones (excluding diaryl/α,β-unsaturated/α-hetero) is 1. The fraction of sp³-hybridized carbons (Fsp3) is 0.182. The molecule has 1 aromatic carbocycles. The van der Waals surface area contributed by atoms with Gasteiger partial charge in [-0.2, -0.15) is 0 Å². The Balaban J connectivity index is 2.61. The molecule has 0 aliphatic carbocycles. The van der Waals surface area contributed by atoms with Crippen LogP contribution < -0.4 is 5.73 Å². The molecule has 3 N–H and O–H groups in total. The summed E-state index contributed by atoms with van der Waals surface area (Å²) in [5.74, 6) is -0.0212. The Hall–Kier alpha value is -1.61. The highest BCUT2D eigenvalue weighted by molar-refractivity contribution is 5.90. The maximum Gasteiger partial charge on any atom is 0.151 e. The summed E-state index contributed by atoms with van der Waals surface area (Å²) in [6.45, 7) is 1.51. The molecule has 1 atom stereocenters. The van der Waals surface area contributed by atoms with Crippen LogP contribution in [-0.4, -0.2) is 10.8 Å². The second kappa shape index (κ2) is 3.27. The third-order valence-corrected chi connectivity index (χ3v) is 2.39. The third-order valence-electron chi connectivity index (χ3n) is 2.39. The summed E-state index contributed by atoms with van der Waals surface area (Å²) in [5, 5.41) is 1.08. The highest BCUT2D eigenvalue weighted by atomic mass is 16.1. The molecule has 2 aromatic rings. The van der Waals surface area contributed by atoms with Gasteiger partial charge in [-0.15, -0.1) is 0 Å². The highest BCUT2D eigenvalue weighted by Gasteiger charge is 2.13. The number of H-pyrrole nitrogens is 1. The number of hydrogen-bond acceptors (Lipinski definition) is 2. The van der Waals surface area contributed by atoms with Gasteiger partial charge in [-0.1, -0.05) is 18.2 Å². The van der Waals surface area contributed by atoms with Crippen LogP contribution in [0.4, 0.5) is 0 Å². The number of aromatic amines is 1. The molecule has 3 nitrogen and oxygen atoms in total. The van der Waals surface area contributed by atoms with Crippen molar-refractivity contribution in [3.8, 4) is 0 Å². The standard InChI is InChI=1S/C11H12N2O/c1-7(14)10(12)9-4-2-3-8-5-6-13-11(8)9/h2-6,10,13H,12H2,1H3. The number of ketones is 1. The molecule has 1 unspecified atom stereocenters. The van der Waals surface area contributed by atoms with E-state index < -0.39 is 6.04 Å². The summed E-state index contributed by atoms with van der Waals surface area (Å²) in [6, 6.07) is 7.21. The summed E-state index contributed by atoms with van der Waals surface area (Å²) in [7, 11) is 0. The van der Waals surface area contributed by atoms with E-state index in [0.29, 0.717) is 0 Å². The number of nitrogens with two attached hydrogens (primary N) is 1. The van der Waals surface area contributed by atoms with Crippen LogP contribution in [0.2, 0.25) is 0 Å². The molecule has 14 heavy (non-hydrogen) atoms. The minimum absolute atomic E-state index is 0.0212. The van der Waals surface area contributed by atoms with Gasteiger partial charge in [0.2, 0.25) is 0 Å². The monoisotopic (exact) mass is 188 g/mol.